The van der Waals surface area contributed by atoms with Crippen molar-refractivity contribution in [1.82, 2.24) is 10.0 Å². The van der Waals surface area contributed by atoms with Gasteiger partial charge in [0.15, 0.2) is 0 Å². The topological polar surface area (TPSA) is 84.5 Å². The van der Waals surface area contributed by atoms with Crippen molar-refractivity contribution in [3.05, 3.63) is 102 Å². The van der Waals surface area contributed by atoms with Crippen LogP contribution in [0.3, 0.4) is 0 Å². The predicted molar refractivity (Wildman–Crippen MR) is 121 cm³/mol. The molecule has 0 unspecified atom stereocenters. The standard InChI is InChI=1S/C24H24N2O4S/c1-25-31(28,29)22-14-11-19(12-15-22)13-16-24(27)26-17-21-9-5-6-10-23(21)30-18-20-7-3-2-4-8-20/h2-16,25H,17-18H2,1H3,(H,26,27)/b16-13+. The van der Waals surface area contributed by atoms with E-state index < -0.39 is 10.0 Å². The number of carbonyl (C=O) groups is 1. The van der Waals surface area contributed by atoms with Gasteiger partial charge in [0, 0.05) is 18.2 Å². The molecule has 0 spiro atoms. The van der Waals surface area contributed by atoms with Crippen LogP contribution in [0.4, 0.5) is 0 Å². The van der Waals surface area contributed by atoms with Crippen molar-refractivity contribution >= 4 is 22.0 Å². The van der Waals surface area contributed by atoms with Crippen LogP contribution in [0.2, 0.25) is 0 Å². The molecule has 160 valence electrons. The Balaban J connectivity index is 1.56. The highest BCUT2D eigenvalue weighted by Crippen LogP contribution is 2.19. The number of carbonyl (C=O) groups excluding carboxylic acids is 1. The van der Waals surface area contributed by atoms with Crippen molar-refractivity contribution in [1.29, 1.82) is 0 Å². The predicted octanol–water partition coefficient (Wildman–Crippen LogP) is 3.50. The molecule has 0 saturated carbocycles. The van der Waals surface area contributed by atoms with Gasteiger partial charge in [-0.1, -0.05) is 60.7 Å². The Hall–Kier alpha value is -3.42. The lowest BCUT2D eigenvalue weighted by Crippen LogP contribution is -2.20. The largest absolute Gasteiger partial charge is 0.489 e. The summed E-state index contributed by atoms with van der Waals surface area (Å²) >= 11 is 0. The molecule has 0 atom stereocenters. The van der Waals surface area contributed by atoms with Crippen LogP contribution >= 0.6 is 0 Å². The van der Waals surface area contributed by atoms with Crippen LogP contribution in [0, 0.1) is 0 Å². The summed E-state index contributed by atoms with van der Waals surface area (Å²) < 4.78 is 31.7. The third kappa shape index (κ3) is 6.53. The molecule has 0 bridgehead atoms. The molecule has 3 rings (SSSR count). The van der Waals surface area contributed by atoms with Gasteiger partial charge in [-0.25, -0.2) is 13.1 Å². The maximum absolute atomic E-state index is 12.2. The van der Waals surface area contributed by atoms with E-state index in [9.17, 15) is 13.2 Å². The molecule has 0 heterocycles. The Labute approximate surface area is 182 Å². The van der Waals surface area contributed by atoms with Crippen LogP contribution in [-0.4, -0.2) is 21.4 Å². The van der Waals surface area contributed by atoms with Gasteiger partial charge in [-0.15, -0.1) is 0 Å². The van der Waals surface area contributed by atoms with Crippen LogP contribution < -0.4 is 14.8 Å². The number of ether oxygens (including phenoxy) is 1. The molecule has 0 aromatic heterocycles. The van der Waals surface area contributed by atoms with E-state index in [0.717, 1.165) is 22.4 Å². The second kappa shape index (κ2) is 10.6. The minimum absolute atomic E-state index is 0.170. The summed E-state index contributed by atoms with van der Waals surface area (Å²) in [5, 5.41) is 2.84. The van der Waals surface area contributed by atoms with Gasteiger partial charge in [0.1, 0.15) is 12.4 Å². The monoisotopic (exact) mass is 436 g/mol. The molecule has 0 saturated heterocycles. The van der Waals surface area contributed by atoms with Gasteiger partial charge in [0.05, 0.1) is 4.90 Å². The van der Waals surface area contributed by atoms with E-state index in [1.807, 2.05) is 54.6 Å². The fourth-order valence-electron chi connectivity index (χ4n) is 2.82. The number of hydrogen-bond donors (Lipinski definition) is 2. The van der Waals surface area contributed by atoms with Gasteiger partial charge in [0.2, 0.25) is 15.9 Å². The molecule has 0 aliphatic heterocycles. The smallest absolute Gasteiger partial charge is 0.244 e. The molecular formula is C24H24N2O4S. The summed E-state index contributed by atoms with van der Waals surface area (Å²) in [6, 6.07) is 23.7. The zero-order valence-corrected chi connectivity index (χ0v) is 17.9. The molecule has 3 aromatic rings. The molecule has 3 aromatic carbocycles. The van der Waals surface area contributed by atoms with Crippen LogP contribution in [0.25, 0.3) is 6.08 Å². The Bertz CT molecular complexity index is 1140. The molecule has 0 aliphatic rings. The number of benzene rings is 3. The first kappa shape index (κ1) is 22.3. The lowest BCUT2D eigenvalue weighted by molar-refractivity contribution is -0.116. The lowest BCUT2D eigenvalue weighted by atomic mass is 10.2. The quantitative estimate of drug-likeness (QED) is 0.503. The molecule has 0 radical (unpaired) electrons. The number of hydrogen-bond acceptors (Lipinski definition) is 4. The van der Waals surface area contributed by atoms with Crippen LogP contribution in [0.1, 0.15) is 16.7 Å². The Kier molecular flexibility index (Phi) is 7.59. The summed E-state index contributed by atoms with van der Waals surface area (Å²) in [7, 11) is -2.12. The third-order valence-electron chi connectivity index (χ3n) is 4.55. The minimum Gasteiger partial charge on any atom is -0.489 e. The zero-order chi connectivity index (χ0) is 22.1. The molecule has 6 nitrogen and oxygen atoms in total. The summed E-state index contributed by atoms with van der Waals surface area (Å²) in [6.07, 6.45) is 3.04. The second-order valence-corrected chi connectivity index (χ2v) is 8.60. The summed E-state index contributed by atoms with van der Waals surface area (Å²) in [5.74, 6) is 0.460. The second-order valence-electron chi connectivity index (χ2n) is 6.71. The first-order valence-corrected chi connectivity index (χ1v) is 11.2. The Morgan fingerprint density at radius 1 is 0.935 bits per heavy atom. The third-order valence-corrected chi connectivity index (χ3v) is 5.98. The van der Waals surface area contributed by atoms with E-state index in [0.29, 0.717) is 13.2 Å². The zero-order valence-electron chi connectivity index (χ0n) is 17.1. The van der Waals surface area contributed by atoms with Crippen molar-refractivity contribution in [2.24, 2.45) is 0 Å². The van der Waals surface area contributed by atoms with Crippen LogP contribution in [0.15, 0.2) is 89.8 Å². The molecule has 7 heteroatoms. The van der Waals surface area contributed by atoms with E-state index in [-0.39, 0.29) is 10.8 Å². The molecule has 0 fully saturated rings. The first-order chi connectivity index (χ1) is 15.0. The van der Waals surface area contributed by atoms with Gasteiger partial charge < -0.3 is 10.1 Å². The highest BCUT2D eigenvalue weighted by Gasteiger charge is 2.10. The van der Waals surface area contributed by atoms with Gasteiger partial charge in [0.25, 0.3) is 0 Å². The average Bonchev–Trinajstić information content (AvgIpc) is 2.81. The van der Waals surface area contributed by atoms with Crippen LogP contribution in [0.5, 0.6) is 5.75 Å². The summed E-state index contributed by atoms with van der Waals surface area (Å²) in [4.78, 5) is 12.4. The highest BCUT2D eigenvalue weighted by atomic mass is 32.2. The number of nitrogens with one attached hydrogen (secondary N) is 2. The van der Waals surface area contributed by atoms with E-state index in [4.69, 9.17) is 4.74 Å². The maximum atomic E-state index is 12.2. The van der Waals surface area contributed by atoms with E-state index >= 15 is 0 Å². The normalized spacial score (nSPS) is 11.4. The van der Waals surface area contributed by atoms with Crippen molar-refractivity contribution in [3.63, 3.8) is 0 Å². The van der Waals surface area contributed by atoms with Crippen molar-refractivity contribution in [2.45, 2.75) is 18.0 Å². The van der Waals surface area contributed by atoms with Crippen molar-refractivity contribution in [2.75, 3.05) is 7.05 Å². The summed E-state index contributed by atoms with van der Waals surface area (Å²) in [5.41, 5.74) is 2.66. The number of sulfonamides is 1. The Morgan fingerprint density at radius 3 is 2.32 bits per heavy atom. The number of rotatable bonds is 9. The fourth-order valence-corrected chi connectivity index (χ4v) is 3.55. The maximum Gasteiger partial charge on any atom is 0.244 e. The fraction of sp³-hybridized carbons (Fsp3) is 0.125. The lowest BCUT2D eigenvalue weighted by Gasteiger charge is -2.12. The van der Waals surface area contributed by atoms with E-state index in [1.165, 1.54) is 25.3 Å². The molecule has 1 amide bonds. The molecular weight excluding hydrogens is 412 g/mol. The van der Waals surface area contributed by atoms with Gasteiger partial charge in [-0.2, -0.15) is 0 Å². The molecule has 0 aliphatic carbocycles. The highest BCUT2D eigenvalue weighted by molar-refractivity contribution is 7.89. The van der Waals surface area contributed by atoms with Gasteiger partial charge >= 0.3 is 0 Å². The number of para-hydroxylation sites is 1. The van der Waals surface area contributed by atoms with Gasteiger partial charge in [-0.05, 0) is 42.4 Å². The summed E-state index contributed by atoms with van der Waals surface area (Å²) in [6.45, 7) is 0.776. The van der Waals surface area contributed by atoms with Crippen molar-refractivity contribution in [3.8, 4) is 5.75 Å². The first-order valence-electron chi connectivity index (χ1n) is 9.72. The molecule has 31 heavy (non-hydrogen) atoms. The SMILES string of the molecule is CNS(=O)(=O)c1ccc(/C=C/C(=O)NCc2ccccc2OCc2ccccc2)cc1. The van der Waals surface area contributed by atoms with Gasteiger partial charge in [-0.3, -0.25) is 4.79 Å². The van der Waals surface area contributed by atoms with E-state index in [2.05, 4.69) is 10.0 Å². The average molecular weight is 437 g/mol. The minimum atomic E-state index is -3.48. The number of amides is 1. The van der Waals surface area contributed by atoms with Crippen LogP contribution in [-0.2, 0) is 28.0 Å². The van der Waals surface area contributed by atoms with Crippen molar-refractivity contribution < 1.29 is 17.9 Å². The Morgan fingerprint density at radius 2 is 1.61 bits per heavy atom. The molecule has 2 N–H and O–H groups in total. The van der Waals surface area contributed by atoms with E-state index in [1.54, 1.807) is 18.2 Å².